The SMILES string of the molecule is COc1ccc(N2CCN(C(=NC(C)C)NN)CC2)cc1. The molecular weight excluding hydrogens is 266 g/mol. The van der Waals surface area contributed by atoms with Crippen LogP contribution in [0.15, 0.2) is 29.3 Å². The third-order valence-corrected chi connectivity index (χ3v) is 3.53. The first-order valence-electron chi connectivity index (χ1n) is 7.32. The number of guanidine groups is 1. The molecule has 6 heteroatoms. The van der Waals surface area contributed by atoms with Crippen molar-refractivity contribution in [1.82, 2.24) is 10.3 Å². The van der Waals surface area contributed by atoms with E-state index in [1.165, 1.54) is 5.69 Å². The Balaban J connectivity index is 1.96. The summed E-state index contributed by atoms with van der Waals surface area (Å²) in [6, 6.07) is 8.41. The zero-order valence-electron chi connectivity index (χ0n) is 13.0. The average Bonchev–Trinajstić information content (AvgIpc) is 2.53. The van der Waals surface area contributed by atoms with Crippen LogP contribution < -0.4 is 20.9 Å². The molecule has 1 aromatic rings. The molecule has 2 rings (SSSR count). The first-order valence-corrected chi connectivity index (χ1v) is 7.32. The number of ether oxygens (including phenoxy) is 1. The molecule has 21 heavy (non-hydrogen) atoms. The fourth-order valence-corrected chi connectivity index (χ4v) is 2.42. The van der Waals surface area contributed by atoms with E-state index < -0.39 is 0 Å². The third-order valence-electron chi connectivity index (χ3n) is 3.53. The van der Waals surface area contributed by atoms with Gasteiger partial charge in [0.1, 0.15) is 5.75 Å². The van der Waals surface area contributed by atoms with Crippen molar-refractivity contribution in [2.45, 2.75) is 19.9 Å². The maximum Gasteiger partial charge on any atom is 0.208 e. The zero-order chi connectivity index (χ0) is 15.2. The van der Waals surface area contributed by atoms with Gasteiger partial charge in [-0.25, -0.2) is 10.8 Å². The highest BCUT2D eigenvalue weighted by atomic mass is 16.5. The van der Waals surface area contributed by atoms with Gasteiger partial charge in [0, 0.05) is 37.9 Å². The van der Waals surface area contributed by atoms with E-state index in [9.17, 15) is 0 Å². The van der Waals surface area contributed by atoms with Crippen molar-refractivity contribution >= 4 is 11.6 Å². The molecule has 1 aliphatic heterocycles. The molecule has 0 amide bonds. The number of nitrogens with one attached hydrogen (secondary N) is 1. The van der Waals surface area contributed by atoms with Gasteiger partial charge in [0.05, 0.1) is 7.11 Å². The number of nitrogens with zero attached hydrogens (tertiary/aromatic N) is 3. The minimum atomic E-state index is 0.232. The summed E-state index contributed by atoms with van der Waals surface area (Å²) in [5.74, 6) is 7.24. The average molecular weight is 291 g/mol. The number of aliphatic imine (C=N–C) groups is 1. The van der Waals surface area contributed by atoms with Crippen molar-refractivity contribution < 1.29 is 4.74 Å². The molecule has 1 aromatic carbocycles. The van der Waals surface area contributed by atoms with Crippen LogP contribution in [-0.2, 0) is 0 Å². The van der Waals surface area contributed by atoms with Crippen molar-refractivity contribution in [1.29, 1.82) is 0 Å². The number of hydrazine groups is 1. The monoisotopic (exact) mass is 291 g/mol. The fraction of sp³-hybridized carbons (Fsp3) is 0.533. The lowest BCUT2D eigenvalue weighted by molar-refractivity contribution is 0.371. The predicted molar refractivity (Wildman–Crippen MR) is 86.7 cm³/mol. The Kier molecular flexibility index (Phi) is 5.27. The highest BCUT2D eigenvalue weighted by Gasteiger charge is 2.19. The number of methoxy groups -OCH3 is 1. The maximum atomic E-state index is 5.58. The molecule has 0 spiro atoms. The Morgan fingerprint density at radius 2 is 1.81 bits per heavy atom. The van der Waals surface area contributed by atoms with Crippen LogP contribution in [0.1, 0.15) is 13.8 Å². The normalized spacial score (nSPS) is 16.3. The van der Waals surface area contributed by atoms with Gasteiger partial charge in [0.25, 0.3) is 0 Å². The number of anilines is 1. The summed E-state index contributed by atoms with van der Waals surface area (Å²) in [7, 11) is 1.68. The van der Waals surface area contributed by atoms with E-state index in [-0.39, 0.29) is 6.04 Å². The summed E-state index contributed by atoms with van der Waals surface area (Å²) in [6.45, 7) is 7.80. The quantitative estimate of drug-likeness (QED) is 0.377. The molecule has 0 bridgehead atoms. The van der Waals surface area contributed by atoms with E-state index in [0.717, 1.165) is 37.9 Å². The molecule has 3 N–H and O–H groups in total. The molecule has 116 valence electrons. The van der Waals surface area contributed by atoms with Gasteiger partial charge < -0.3 is 14.5 Å². The lowest BCUT2D eigenvalue weighted by Gasteiger charge is -2.37. The van der Waals surface area contributed by atoms with E-state index >= 15 is 0 Å². The largest absolute Gasteiger partial charge is 0.497 e. The van der Waals surface area contributed by atoms with Gasteiger partial charge in [-0.15, -0.1) is 0 Å². The number of nitrogens with two attached hydrogens (primary N) is 1. The van der Waals surface area contributed by atoms with Gasteiger partial charge in [-0.2, -0.15) is 0 Å². The minimum Gasteiger partial charge on any atom is -0.497 e. The van der Waals surface area contributed by atoms with Crippen LogP contribution >= 0.6 is 0 Å². The standard InChI is InChI=1S/C15H25N5O/c1-12(2)17-15(18-16)20-10-8-19(9-11-20)13-4-6-14(21-3)7-5-13/h4-7,12H,8-11,16H2,1-3H3,(H,17,18). The molecule has 1 fully saturated rings. The van der Waals surface area contributed by atoms with Crippen LogP contribution in [0.5, 0.6) is 5.75 Å². The first kappa shape index (κ1) is 15.4. The number of hydrogen-bond acceptors (Lipinski definition) is 4. The predicted octanol–water partition coefficient (Wildman–Crippen LogP) is 1.04. The van der Waals surface area contributed by atoms with E-state index in [0.29, 0.717) is 0 Å². The lowest BCUT2D eigenvalue weighted by Crippen LogP contribution is -2.54. The summed E-state index contributed by atoms with van der Waals surface area (Å²) in [5, 5.41) is 0. The van der Waals surface area contributed by atoms with Crippen LogP contribution in [0.4, 0.5) is 5.69 Å². The molecule has 1 aliphatic rings. The Bertz CT molecular complexity index is 463. The van der Waals surface area contributed by atoms with E-state index in [1.54, 1.807) is 7.11 Å². The van der Waals surface area contributed by atoms with E-state index in [4.69, 9.17) is 10.6 Å². The van der Waals surface area contributed by atoms with E-state index in [2.05, 4.69) is 32.4 Å². The van der Waals surface area contributed by atoms with Gasteiger partial charge in [0.15, 0.2) is 0 Å². The molecule has 1 heterocycles. The van der Waals surface area contributed by atoms with Crippen molar-refractivity contribution in [3.8, 4) is 5.75 Å². The maximum absolute atomic E-state index is 5.58. The number of piperazine rings is 1. The van der Waals surface area contributed by atoms with Crippen LogP contribution in [-0.4, -0.2) is 50.2 Å². The van der Waals surface area contributed by atoms with Crippen molar-refractivity contribution in [2.75, 3.05) is 38.2 Å². The summed E-state index contributed by atoms with van der Waals surface area (Å²) in [5.41, 5.74) is 3.93. The van der Waals surface area contributed by atoms with Crippen molar-refractivity contribution in [3.63, 3.8) is 0 Å². The van der Waals surface area contributed by atoms with Crippen LogP contribution in [0, 0.1) is 0 Å². The Labute approximate surface area is 126 Å². The minimum absolute atomic E-state index is 0.232. The highest BCUT2D eigenvalue weighted by Crippen LogP contribution is 2.20. The summed E-state index contributed by atoms with van der Waals surface area (Å²) in [4.78, 5) is 9.07. The lowest BCUT2D eigenvalue weighted by atomic mass is 10.2. The van der Waals surface area contributed by atoms with Gasteiger partial charge in [-0.3, -0.25) is 5.43 Å². The van der Waals surface area contributed by atoms with Gasteiger partial charge >= 0.3 is 0 Å². The number of rotatable bonds is 3. The molecule has 0 saturated carbocycles. The summed E-state index contributed by atoms with van der Waals surface area (Å²) >= 11 is 0. The smallest absolute Gasteiger partial charge is 0.208 e. The molecule has 0 aromatic heterocycles. The van der Waals surface area contributed by atoms with Crippen LogP contribution in [0.25, 0.3) is 0 Å². The molecule has 0 radical (unpaired) electrons. The zero-order valence-corrected chi connectivity index (χ0v) is 13.0. The summed E-state index contributed by atoms with van der Waals surface area (Å²) in [6.07, 6.45) is 0. The Morgan fingerprint density at radius 3 is 2.29 bits per heavy atom. The third kappa shape index (κ3) is 4.01. The van der Waals surface area contributed by atoms with Gasteiger partial charge in [0.2, 0.25) is 5.96 Å². The van der Waals surface area contributed by atoms with Gasteiger partial charge in [-0.05, 0) is 38.1 Å². The molecule has 0 aliphatic carbocycles. The van der Waals surface area contributed by atoms with Crippen LogP contribution in [0.2, 0.25) is 0 Å². The second kappa shape index (κ2) is 7.17. The first-order chi connectivity index (χ1) is 10.1. The molecule has 1 saturated heterocycles. The molecule has 0 unspecified atom stereocenters. The Morgan fingerprint density at radius 1 is 1.19 bits per heavy atom. The Hall–Kier alpha value is -1.95. The highest BCUT2D eigenvalue weighted by molar-refractivity contribution is 5.79. The molecular formula is C15H25N5O. The summed E-state index contributed by atoms with van der Waals surface area (Å²) < 4.78 is 5.19. The fourth-order valence-electron chi connectivity index (χ4n) is 2.42. The van der Waals surface area contributed by atoms with Crippen molar-refractivity contribution in [3.05, 3.63) is 24.3 Å². The van der Waals surface area contributed by atoms with Gasteiger partial charge in [-0.1, -0.05) is 0 Å². The topological polar surface area (TPSA) is 66.1 Å². The number of benzene rings is 1. The van der Waals surface area contributed by atoms with Crippen LogP contribution in [0.3, 0.4) is 0 Å². The molecule has 0 atom stereocenters. The van der Waals surface area contributed by atoms with Crippen molar-refractivity contribution in [2.24, 2.45) is 10.8 Å². The molecule has 6 nitrogen and oxygen atoms in total. The number of hydrogen-bond donors (Lipinski definition) is 2. The van der Waals surface area contributed by atoms with E-state index in [1.807, 2.05) is 26.0 Å². The second-order valence-electron chi connectivity index (χ2n) is 5.36. The second-order valence-corrected chi connectivity index (χ2v) is 5.36.